The van der Waals surface area contributed by atoms with Crippen molar-refractivity contribution in [3.8, 4) is 5.75 Å². The number of thioether (sulfide) groups is 1. The average Bonchev–Trinajstić information content (AvgIpc) is 2.70. The first-order valence-electron chi connectivity index (χ1n) is 5.10. The van der Waals surface area contributed by atoms with Crippen molar-refractivity contribution in [1.82, 2.24) is 5.32 Å². The Balaban J connectivity index is 2.03. The quantitative estimate of drug-likeness (QED) is 0.744. The number of nitrogens with one attached hydrogen (secondary N) is 2. The minimum Gasteiger partial charge on any atom is -0.508 e. The van der Waals surface area contributed by atoms with Crippen molar-refractivity contribution in [1.29, 1.82) is 0 Å². The summed E-state index contributed by atoms with van der Waals surface area (Å²) in [6.45, 7) is 1.77. The van der Waals surface area contributed by atoms with E-state index in [1.165, 1.54) is 6.07 Å². The number of amides is 2. The number of aryl methyl sites for hydroxylation is 1. The van der Waals surface area contributed by atoms with Gasteiger partial charge in [-0.1, -0.05) is 17.8 Å². The predicted octanol–water partition coefficient (Wildman–Crippen LogP) is 1.46. The number of anilines is 1. The number of carbonyl (C=O) groups is 2. The highest BCUT2D eigenvalue weighted by Crippen LogP contribution is 2.21. The SMILES string of the molecule is Cc1ccc(NC(=O)C2CSC(=O)N2)cc1O. The van der Waals surface area contributed by atoms with Crippen LogP contribution in [0.2, 0.25) is 0 Å². The molecule has 2 rings (SSSR count). The predicted molar refractivity (Wildman–Crippen MR) is 66.3 cm³/mol. The summed E-state index contributed by atoms with van der Waals surface area (Å²) >= 11 is 1.09. The van der Waals surface area contributed by atoms with Crippen LogP contribution in [0.3, 0.4) is 0 Å². The molecular weight excluding hydrogens is 240 g/mol. The topological polar surface area (TPSA) is 78.4 Å². The zero-order valence-corrected chi connectivity index (χ0v) is 10.0. The lowest BCUT2D eigenvalue weighted by molar-refractivity contribution is -0.117. The summed E-state index contributed by atoms with van der Waals surface area (Å²) < 4.78 is 0. The van der Waals surface area contributed by atoms with Crippen LogP contribution in [-0.2, 0) is 4.79 Å². The largest absolute Gasteiger partial charge is 0.508 e. The van der Waals surface area contributed by atoms with E-state index in [0.717, 1.165) is 17.3 Å². The van der Waals surface area contributed by atoms with Crippen LogP contribution in [0.1, 0.15) is 5.56 Å². The zero-order valence-electron chi connectivity index (χ0n) is 9.19. The average molecular weight is 252 g/mol. The first-order chi connectivity index (χ1) is 8.06. The smallest absolute Gasteiger partial charge is 0.279 e. The molecule has 1 atom stereocenters. The molecule has 3 N–H and O–H groups in total. The molecule has 5 nitrogen and oxygen atoms in total. The fraction of sp³-hybridized carbons (Fsp3) is 0.273. The van der Waals surface area contributed by atoms with Gasteiger partial charge in [-0.3, -0.25) is 9.59 Å². The maximum absolute atomic E-state index is 11.7. The number of hydrogen-bond donors (Lipinski definition) is 3. The molecule has 0 bridgehead atoms. The van der Waals surface area contributed by atoms with Crippen molar-refractivity contribution in [2.45, 2.75) is 13.0 Å². The van der Waals surface area contributed by atoms with Crippen molar-refractivity contribution < 1.29 is 14.7 Å². The Morgan fingerprint density at radius 1 is 1.59 bits per heavy atom. The van der Waals surface area contributed by atoms with E-state index < -0.39 is 6.04 Å². The second-order valence-corrected chi connectivity index (χ2v) is 4.78. The number of benzene rings is 1. The fourth-order valence-electron chi connectivity index (χ4n) is 1.44. The van der Waals surface area contributed by atoms with Crippen molar-refractivity contribution >= 4 is 28.6 Å². The Morgan fingerprint density at radius 3 is 2.94 bits per heavy atom. The molecule has 1 heterocycles. The summed E-state index contributed by atoms with van der Waals surface area (Å²) in [7, 11) is 0. The summed E-state index contributed by atoms with van der Waals surface area (Å²) in [5.74, 6) is 0.293. The van der Waals surface area contributed by atoms with Crippen molar-refractivity contribution in [2.24, 2.45) is 0 Å². The molecule has 0 aromatic heterocycles. The summed E-state index contributed by atoms with van der Waals surface area (Å²) in [5.41, 5.74) is 1.26. The van der Waals surface area contributed by atoms with Gasteiger partial charge < -0.3 is 15.7 Å². The van der Waals surface area contributed by atoms with Gasteiger partial charge in [0.2, 0.25) is 5.91 Å². The minimum absolute atomic E-state index is 0.132. The Morgan fingerprint density at radius 2 is 2.35 bits per heavy atom. The minimum atomic E-state index is -0.504. The highest BCUT2D eigenvalue weighted by atomic mass is 32.2. The van der Waals surface area contributed by atoms with Gasteiger partial charge in [-0.2, -0.15) is 0 Å². The molecule has 0 aliphatic carbocycles. The third-order valence-electron chi connectivity index (χ3n) is 2.47. The number of hydrogen-bond acceptors (Lipinski definition) is 4. The van der Waals surface area contributed by atoms with Crippen LogP contribution in [-0.4, -0.2) is 28.0 Å². The maximum atomic E-state index is 11.7. The summed E-state index contributed by atoms with van der Waals surface area (Å²) in [4.78, 5) is 22.7. The first kappa shape index (κ1) is 11.8. The van der Waals surface area contributed by atoms with Crippen LogP contribution in [0.4, 0.5) is 10.5 Å². The molecule has 17 heavy (non-hydrogen) atoms. The second kappa shape index (κ2) is 4.67. The maximum Gasteiger partial charge on any atom is 0.279 e. The number of aromatic hydroxyl groups is 1. The first-order valence-corrected chi connectivity index (χ1v) is 6.08. The van der Waals surface area contributed by atoms with Crippen LogP contribution in [0.25, 0.3) is 0 Å². The second-order valence-electron chi connectivity index (χ2n) is 3.79. The van der Waals surface area contributed by atoms with Crippen LogP contribution < -0.4 is 10.6 Å². The summed E-state index contributed by atoms with van der Waals surface area (Å²) in [6, 6.07) is 4.40. The van der Waals surface area contributed by atoms with E-state index >= 15 is 0 Å². The molecular formula is C11H12N2O3S. The summed E-state index contributed by atoms with van der Waals surface area (Å²) in [6.07, 6.45) is 0. The third-order valence-corrected chi connectivity index (χ3v) is 3.35. The Hall–Kier alpha value is -1.69. The van der Waals surface area contributed by atoms with Crippen molar-refractivity contribution in [3.63, 3.8) is 0 Å². The fourth-order valence-corrected chi connectivity index (χ4v) is 2.22. The molecule has 1 aliphatic rings. The number of phenols is 1. The van der Waals surface area contributed by atoms with Crippen molar-refractivity contribution in [3.05, 3.63) is 23.8 Å². The van der Waals surface area contributed by atoms with E-state index in [2.05, 4.69) is 10.6 Å². The molecule has 0 radical (unpaired) electrons. The molecule has 0 saturated carbocycles. The van der Waals surface area contributed by atoms with E-state index in [0.29, 0.717) is 11.4 Å². The summed E-state index contributed by atoms with van der Waals surface area (Å²) in [5, 5.41) is 14.5. The monoisotopic (exact) mass is 252 g/mol. The van der Waals surface area contributed by atoms with Crippen LogP contribution >= 0.6 is 11.8 Å². The standard InChI is InChI=1S/C11H12N2O3S/c1-6-2-3-7(4-9(6)14)12-10(15)8-5-17-11(16)13-8/h2-4,8,14H,5H2,1H3,(H,12,15)(H,13,16). The molecule has 1 fully saturated rings. The zero-order chi connectivity index (χ0) is 12.4. The molecule has 1 saturated heterocycles. The normalized spacial score (nSPS) is 18.9. The molecule has 0 spiro atoms. The van der Waals surface area contributed by atoms with Gasteiger partial charge in [0.15, 0.2) is 0 Å². The van der Waals surface area contributed by atoms with Gasteiger partial charge in [0.1, 0.15) is 11.8 Å². The molecule has 2 amide bonds. The van der Waals surface area contributed by atoms with Gasteiger partial charge in [0.25, 0.3) is 5.24 Å². The molecule has 90 valence electrons. The van der Waals surface area contributed by atoms with Crippen LogP contribution in [0.15, 0.2) is 18.2 Å². The lowest BCUT2D eigenvalue weighted by Gasteiger charge is -2.10. The lowest BCUT2D eigenvalue weighted by Crippen LogP contribution is -2.38. The van der Waals surface area contributed by atoms with Crippen LogP contribution in [0.5, 0.6) is 5.75 Å². The Kier molecular flexibility index (Phi) is 3.23. The molecule has 1 aromatic carbocycles. The van der Waals surface area contributed by atoms with E-state index in [9.17, 15) is 14.7 Å². The Bertz CT molecular complexity index is 476. The van der Waals surface area contributed by atoms with E-state index in [1.54, 1.807) is 19.1 Å². The molecule has 1 aromatic rings. The number of rotatable bonds is 2. The van der Waals surface area contributed by atoms with Crippen LogP contribution in [0, 0.1) is 6.92 Å². The van der Waals surface area contributed by atoms with Gasteiger partial charge in [-0.25, -0.2) is 0 Å². The van der Waals surface area contributed by atoms with E-state index in [-0.39, 0.29) is 16.9 Å². The molecule has 1 aliphatic heterocycles. The number of phenolic OH excluding ortho intramolecular Hbond substituents is 1. The van der Waals surface area contributed by atoms with Gasteiger partial charge in [0, 0.05) is 17.5 Å². The third kappa shape index (κ3) is 2.71. The highest BCUT2D eigenvalue weighted by molar-refractivity contribution is 8.14. The van der Waals surface area contributed by atoms with Gasteiger partial charge >= 0.3 is 0 Å². The van der Waals surface area contributed by atoms with Gasteiger partial charge in [-0.15, -0.1) is 0 Å². The van der Waals surface area contributed by atoms with Gasteiger partial charge in [0.05, 0.1) is 0 Å². The van der Waals surface area contributed by atoms with E-state index in [4.69, 9.17) is 0 Å². The number of carbonyl (C=O) groups excluding carboxylic acids is 2. The van der Waals surface area contributed by atoms with E-state index in [1.807, 2.05) is 0 Å². The molecule has 6 heteroatoms. The Labute approximate surface area is 103 Å². The molecule has 1 unspecified atom stereocenters. The highest BCUT2D eigenvalue weighted by Gasteiger charge is 2.27. The van der Waals surface area contributed by atoms with Crippen molar-refractivity contribution in [2.75, 3.05) is 11.1 Å². The van der Waals surface area contributed by atoms with Gasteiger partial charge in [-0.05, 0) is 18.6 Å². The lowest BCUT2D eigenvalue weighted by atomic mass is 10.2.